The smallest absolute Gasteiger partial charge is 0.320 e. The Labute approximate surface area is 205 Å². The first-order chi connectivity index (χ1) is 15.3. The van der Waals surface area contributed by atoms with Crippen LogP contribution in [-0.4, -0.2) is 43.2 Å². The number of carboxylic acid groups (broad SMARTS) is 2. The summed E-state index contributed by atoms with van der Waals surface area (Å²) in [7, 11) is 0. The summed E-state index contributed by atoms with van der Waals surface area (Å²) in [4.78, 5) is 26.4. The summed E-state index contributed by atoms with van der Waals surface area (Å²) in [5.74, 6) is -0.161. The molecule has 4 nitrogen and oxygen atoms in total. The second kappa shape index (κ2) is 14.8. The lowest BCUT2D eigenvalue weighted by Gasteiger charge is -2.58. The predicted molar refractivity (Wildman–Crippen MR) is 140 cm³/mol. The molecular formula is C26H48O4S2. The fraction of sp³-hybridized carbons (Fsp3) is 0.923. The Balaban J connectivity index is 3.64. The van der Waals surface area contributed by atoms with Crippen LogP contribution in [0.4, 0.5) is 0 Å². The van der Waals surface area contributed by atoms with Crippen molar-refractivity contribution in [3.8, 4) is 0 Å². The van der Waals surface area contributed by atoms with E-state index in [0.717, 1.165) is 70.6 Å². The fourth-order valence-corrected chi connectivity index (χ4v) is 9.21. The van der Waals surface area contributed by atoms with Gasteiger partial charge in [-0.3, -0.25) is 9.59 Å². The Kier molecular flexibility index (Phi) is 13.7. The van der Waals surface area contributed by atoms with Crippen LogP contribution in [0, 0.1) is 5.41 Å². The van der Waals surface area contributed by atoms with Gasteiger partial charge in [0.25, 0.3) is 0 Å². The van der Waals surface area contributed by atoms with E-state index >= 15 is 0 Å². The van der Waals surface area contributed by atoms with E-state index in [-0.39, 0.29) is 0 Å². The third kappa shape index (κ3) is 6.40. The molecule has 1 fully saturated rings. The topological polar surface area (TPSA) is 74.6 Å². The quantitative estimate of drug-likeness (QED) is 0.190. The van der Waals surface area contributed by atoms with Crippen molar-refractivity contribution in [3.63, 3.8) is 0 Å². The minimum Gasteiger partial charge on any atom is -0.480 e. The zero-order chi connectivity index (χ0) is 24.1. The zero-order valence-corrected chi connectivity index (χ0v) is 22.7. The lowest BCUT2D eigenvalue weighted by molar-refractivity contribution is -0.154. The van der Waals surface area contributed by atoms with E-state index in [0.29, 0.717) is 37.2 Å². The molecule has 0 saturated heterocycles. The molecule has 0 spiro atoms. The molecule has 0 aromatic heterocycles. The van der Waals surface area contributed by atoms with Crippen LogP contribution in [0.2, 0.25) is 0 Å². The fourth-order valence-electron chi connectivity index (χ4n) is 6.03. The lowest BCUT2D eigenvalue weighted by atomic mass is 9.55. The standard InChI is InChI=1S/C26H48O4S2/c1-5-9-11-16-20-25(22(27)28,31-7-3)24(18-14-13-15-19-24)26(23(29)30,32-8-4)21-17-12-10-6-2/h5-21H2,1-4H3,(H,27,28)(H,29,30). The van der Waals surface area contributed by atoms with Gasteiger partial charge in [0, 0.05) is 5.41 Å². The molecular weight excluding hydrogens is 440 g/mol. The normalized spacial score (nSPS) is 19.8. The van der Waals surface area contributed by atoms with Crippen molar-refractivity contribution >= 4 is 35.5 Å². The van der Waals surface area contributed by atoms with Crippen molar-refractivity contribution in [2.75, 3.05) is 11.5 Å². The summed E-state index contributed by atoms with van der Waals surface area (Å²) in [6.45, 7) is 8.39. The van der Waals surface area contributed by atoms with Gasteiger partial charge in [0.1, 0.15) is 9.49 Å². The van der Waals surface area contributed by atoms with Crippen molar-refractivity contribution in [2.45, 2.75) is 134 Å². The van der Waals surface area contributed by atoms with Gasteiger partial charge in [-0.05, 0) is 37.2 Å². The van der Waals surface area contributed by atoms with Gasteiger partial charge >= 0.3 is 11.9 Å². The molecule has 0 aromatic rings. The molecule has 1 saturated carbocycles. The van der Waals surface area contributed by atoms with Gasteiger partial charge in [-0.1, -0.05) is 98.3 Å². The van der Waals surface area contributed by atoms with Crippen LogP contribution in [0.15, 0.2) is 0 Å². The Morgan fingerprint density at radius 2 is 1.09 bits per heavy atom. The van der Waals surface area contributed by atoms with Gasteiger partial charge in [0.05, 0.1) is 0 Å². The monoisotopic (exact) mass is 488 g/mol. The maximum absolute atomic E-state index is 13.2. The van der Waals surface area contributed by atoms with Crippen molar-refractivity contribution in [2.24, 2.45) is 5.41 Å². The highest BCUT2D eigenvalue weighted by Crippen LogP contribution is 2.64. The van der Waals surface area contributed by atoms with Gasteiger partial charge in [0.15, 0.2) is 0 Å². The molecule has 1 aliphatic carbocycles. The lowest BCUT2D eigenvalue weighted by Crippen LogP contribution is -2.66. The SMILES string of the molecule is CCCCCCC(SCC)(C(=O)O)C1(C(CCCCCC)(SCC)C(=O)O)CCCCC1. The average Bonchev–Trinajstić information content (AvgIpc) is 2.78. The van der Waals surface area contributed by atoms with Crippen molar-refractivity contribution in [3.05, 3.63) is 0 Å². The van der Waals surface area contributed by atoms with E-state index < -0.39 is 26.8 Å². The second-order valence-electron chi connectivity index (χ2n) is 9.39. The highest BCUT2D eigenvalue weighted by molar-refractivity contribution is 8.02. The summed E-state index contributed by atoms with van der Waals surface area (Å²) < 4.78 is -2.08. The van der Waals surface area contributed by atoms with Crippen molar-refractivity contribution in [1.29, 1.82) is 0 Å². The molecule has 0 radical (unpaired) electrons. The minimum absolute atomic E-state index is 0.578. The first-order valence-electron chi connectivity index (χ1n) is 13.1. The second-order valence-corrected chi connectivity index (χ2v) is 12.5. The Morgan fingerprint density at radius 1 is 0.688 bits per heavy atom. The number of hydrogen-bond acceptors (Lipinski definition) is 4. The maximum atomic E-state index is 13.2. The molecule has 2 N–H and O–H groups in total. The molecule has 6 heteroatoms. The first-order valence-corrected chi connectivity index (χ1v) is 15.1. The van der Waals surface area contributed by atoms with E-state index in [9.17, 15) is 19.8 Å². The number of carbonyl (C=O) groups is 2. The molecule has 0 aromatic carbocycles. The summed E-state index contributed by atoms with van der Waals surface area (Å²) >= 11 is 3.07. The maximum Gasteiger partial charge on any atom is 0.320 e. The van der Waals surface area contributed by atoms with Crippen molar-refractivity contribution in [1.82, 2.24) is 0 Å². The average molecular weight is 489 g/mol. The van der Waals surface area contributed by atoms with Gasteiger partial charge in [-0.2, -0.15) is 0 Å². The molecule has 32 heavy (non-hydrogen) atoms. The van der Waals surface area contributed by atoms with Gasteiger partial charge in [-0.25, -0.2) is 0 Å². The highest BCUT2D eigenvalue weighted by Gasteiger charge is 2.68. The Morgan fingerprint density at radius 3 is 1.41 bits per heavy atom. The summed E-state index contributed by atoms with van der Waals surface area (Å²) in [6, 6.07) is 0. The van der Waals surface area contributed by atoms with Crippen LogP contribution in [0.5, 0.6) is 0 Å². The van der Waals surface area contributed by atoms with Crippen LogP contribution in [-0.2, 0) is 9.59 Å². The van der Waals surface area contributed by atoms with E-state index in [1.807, 2.05) is 13.8 Å². The van der Waals surface area contributed by atoms with Crippen LogP contribution in [0.3, 0.4) is 0 Å². The van der Waals surface area contributed by atoms with E-state index in [1.165, 1.54) is 23.5 Å². The van der Waals surface area contributed by atoms with Crippen LogP contribution < -0.4 is 0 Å². The van der Waals surface area contributed by atoms with E-state index in [2.05, 4.69) is 13.8 Å². The van der Waals surface area contributed by atoms with Gasteiger partial charge < -0.3 is 10.2 Å². The summed E-state index contributed by atoms with van der Waals surface area (Å²) in [6.07, 6.45) is 13.7. The van der Waals surface area contributed by atoms with Crippen LogP contribution in [0.1, 0.15) is 124 Å². The van der Waals surface area contributed by atoms with Crippen molar-refractivity contribution < 1.29 is 19.8 Å². The molecule has 188 valence electrons. The molecule has 2 atom stereocenters. The van der Waals surface area contributed by atoms with Gasteiger partial charge in [0.2, 0.25) is 0 Å². The molecule has 0 aliphatic heterocycles. The number of unbranched alkanes of at least 4 members (excludes halogenated alkanes) is 6. The Bertz CT molecular complexity index is 520. The highest BCUT2D eigenvalue weighted by atomic mass is 32.2. The van der Waals surface area contributed by atoms with E-state index in [4.69, 9.17) is 0 Å². The Hall–Kier alpha value is -0.360. The molecule has 1 rings (SSSR count). The third-order valence-corrected chi connectivity index (χ3v) is 10.6. The van der Waals surface area contributed by atoms with Crippen LogP contribution >= 0.6 is 23.5 Å². The molecule has 1 aliphatic rings. The zero-order valence-electron chi connectivity index (χ0n) is 21.0. The molecule has 0 amide bonds. The molecule has 0 bridgehead atoms. The molecule has 2 unspecified atom stereocenters. The summed E-state index contributed by atoms with van der Waals surface area (Å²) in [5, 5.41) is 21.7. The number of thioether (sulfide) groups is 2. The van der Waals surface area contributed by atoms with Gasteiger partial charge in [-0.15, -0.1) is 23.5 Å². The van der Waals surface area contributed by atoms with Crippen LogP contribution in [0.25, 0.3) is 0 Å². The largest absolute Gasteiger partial charge is 0.480 e. The third-order valence-electron chi connectivity index (χ3n) is 7.49. The van der Waals surface area contributed by atoms with E-state index in [1.54, 1.807) is 0 Å². The number of hydrogen-bond donors (Lipinski definition) is 2. The predicted octanol–water partition coefficient (Wildman–Crippen LogP) is 8.03. The first kappa shape index (κ1) is 29.7. The number of rotatable bonds is 18. The number of carboxylic acids is 2. The number of aliphatic carboxylic acids is 2. The minimum atomic E-state index is -1.04. The molecule has 0 heterocycles. The summed E-state index contributed by atoms with van der Waals surface area (Å²) in [5.41, 5.74) is -0.726.